The SMILES string of the molecule is CCOc1ccc(COc2ccc3cc(C(C)N)oc3c2C)cc1. The monoisotopic (exact) mass is 325 g/mol. The maximum Gasteiger partial charge on any atom is 0.140 e. The minimum Gasteiger partial charge on any atom is -0.494 e. The number of hydrogen-bond acceptors (Lipinski definition) is 4. The van der Waals surface area contributed by atoms with Gasteiger partial charge < -0.3 is 19.6 Å². The summed E-state index contributed by atoms with van der Waals surface area (Å²) >= 11 is 0. The van der Waals surface area contributed by atoms with Gasteiger partial charge in [-0.2, -0.15) is 0 Å². The summed E-state index contributed by atoms with van der Waals surface area (Å²) < 4.78 is 17.3. The van der Waals surface area contributed by atoms with Crippen molar-refractivity contribution in [2.45, 2.75) is 33.4 Å². The van der Waals surface area contributed by atoms with Crippen LogP contribution in [0.2, 0.25) is 0 Å². The largest absolute Gasteiger partial charge is 0.494 e. The van der Waals surface area contributed by atoms with Crippen molar-refractivity contribution in [2.24, 2.45) is 5.73 Å². The van der Waals surface area contributed by atoms with Crippen molar-refractivity contribution in [1.82, 2.24) is 0 Å². The van der Waals surface area contributed by atoms with Crippen molar-refractivity contribution < 1.29 is 13.9 Å². The van der Waals surface area contributed by atoms with Gasteiger partial charge in [0.05, 0.1) is 12.6 Å². The van der Waals surface area contributed by atoms with Crippen LogP contribution in [0.4, 0.5) is 0 Å². The van der Waals surface area contributed by atoms with Crippen LogP contribution in [0.15, 0.2) is 46.9 Å². The van der Waals surface area contributed by atoms with Crippen LogP contribution < -0.4 is 15.2 Å². The second-order valence-electron chi connectivity index (χ2n) is 5.91. The molecule has 0 radical (unpaired) electrons. The third-order valence-corrected chi connectivity index (χ3v) is 3.98. The number of hydrogen-bond donors (Lipinski definition) is 1. The summed E-state index contributed by atoms with van der Waals surface area (Å²) in [5.41, 5.74) is 8.82. The fourth-order valence-corrected chi connectivity index (χ4v) is 2.63. The highest BCUT2D eigenvalue weighted by Crippen LogP contribution is 2.31. The molecular formula is C20H23NO3. The smallest absolute Gasteiger partial charge is 0.140 e. The second-order valence-corrected chi connectivity index (χ2v) is 5.91. The predicted octanol–water partition coefficient (Wildman–Crippen LogP) is 4.74. The van der Waals surface area contributed by atoms with Crippen molar-refractivity contribution in [3.05, 3.63) is 59.4 Å². The van der Waals surface area contributed by atoms with Gasteiger partial charge in [0.15, 0.2) is 0 Å². The normalized spacial score (nSPS) is 12.3. The summed E-state index contributed by atoms with van der Waals surface area (Å²) in [4.78, 5) is 0. The maximum atomic E-state index is 5.97. The lowest BCUT2D eigenvalue weighted by Gasteiger charge is -2.10. The second kappa shape index (κ2) is 6.97. The van der Waals surface area contributed by atoms with Crippen LogP contribution in [-0.4, -0.2) is 6.61 Å². The molecule has 2 aromatic carbocycles. The molecule has 4 nitrogen and oxygen atoms in total. The van der Waals surface area contributed by atoms with Gasteiger partial charge in [-0.3, -0.25) is 0 Å². The van der Waals surface area contributed by atoms with Crippen LogP contribution in [0.1, 0.15) is 36.8 Å². The highest BCUT2D eigenvalue weighted by Gasteiger charge is 2.12. The Morgan fingerprint density at radius 1 is 1.08 bits per heavy atom. The number of aryl methyl sites for hydroxylation is 1. The van der Waals surface area contributed by atoms with E-state index in [2.05, 4.69) is 0 Å². The molecule has 3 aromatic rings. The predicted molar refractivity (Wildman–Crippen MR) is 95.5 cm³/mol. The van der Waals surface area contributed by atoms with Gasteiger partial charge in [-0.15, -0.1) is 0 Å². The van der Waals surface area contributed by atoms with Gasteiger partial charge in [0.1, 0.15) is 29.4 Å². The Hall–Kier alpha value is -2.46. The number of nitrogens with two attached hydrogens (primary N) is 1. The Balaban J connectivity index is 1.76. The van der Waals surface area contributed by atoms with E-state index >= 15 is 0 Å². The van der Waals surface area contributed by atoms with Gasteiger partial charge in [0, 0.05) is 10.9 Å². The zero-order chi connectivity index (χ0) is 17.1. The molecule has 24 heavy (non-hydrogen) atoms. The van der Waals surface area contributed by atoms with Crippen molar-refractivity contribution in [1.29, 1.82) is 0 Å². The van der Waals surface area contributed by atoms with Gasteiger partial charge in [-0.25, -0.2) is 0 Å². The summed E-state index contributed by atoms with van der Waals surface area (Å²) in [5.74, 6) is 2.48. The van der Waals surface area contributed by atoms with E-state index in [1.165, 1.54) is 0 Å². The molecule has 0 amide bonds. The topological polar surface area (TPSA) is 57.6 Å². The Kier molecular flexibility index (Phi) is 4.76. The number of fused-ring (bicyclic) bond motifs is 1. The van der Waals surface area contributed by atoms with Crippen LogP contribution in [0.25, 0.3) is 11.0 Å². The van der Waals surface area contributed by atoms with Gasteiger partial charge in [0.25, 0.3) is 0 Å². The molecular weight excluding hydrogens is 302 g/mol. The van der Waals surface area contributed by atoms with Crippen LogP contribution in [0, 0.1) is 6.92 Å². The molecule has 1 heterocycles. The zero-order valence-electron chi connectivity index (χ0n) is 14.3. The molecule has 1 unspecified atom stereocenters. The first kappa shape index (κ1) is 16.4. The van der Waals surface area contributed by atoms with Gasteiger partial charge in [0.2, 0.25) is 0 Å². The Bertz CT molecular complexity index is 819. The maximum absolute atomic E-state index is 5.97. The zero-order valence-corrected chi connectivity index (χ0v) is 14.3. The number of benzene rings is 2. The molecule has 0 spiro atoms. The first-order chi connectivity index (χ1) is 11.6. The van der Waals surface area contributed by atoms with Crippen LogP contribution in [0.3, 0.4) is 0 Å². The molecule has 4 heteroatoms. The molecule has 0 bridgehead atoms. The molecule has 2 N–H and O–H groups in total. The fourth-order valence-electron chi connectivity index (χ4n) is 2.63. The Morgan fingerprint density at radius 3 is 2.50 bits per heavy atom. The molecule has 126 valence electrons. The van der Waals surface area contributed by atoms with Crippen molar-refractivity contribution in [3.8, 4) is 11.5 Å². The summed E-state index contributed by atoms with van der Waals surface area (Å²) in [6.45, 7) is 7.06. The minimum absolute atomic E-state index is 0.120. The number of furan rings is 1. The molecule has 0 aliphatic rings. The lowest BCUT2D eigenvalue weighted by Crippen LogP contribution is -2.02. The summed E-state index contributed by atoms with van der Waals surface area (Å²) in [6.07, 6.45) is 0. The summed E-state index contributed by atoms with van der Waals surface area (Å²) in [7, 11) is 0. The molecule has 0 aliphatic heterocycles. The van der Waals surface area contributed by atoms with Gasteiger partial charge in [-0.05, 0) is 56.7 Å². The average Bonchev–Trinajstić information content (AvgIpc) is 3.01. The minimum atomic E-state index is -0.120. The number of ether oxygens (including phenoxy) is 2. The molecule has 0 aliphatic carbocycles. The van der Waals surface area contributed by atoms with E-state index in [0.29, 0.717) is 13.2 Å². The van der Waals surface area contributed by atoms with E-state index in [0.717, 1.165) is 39.4 Å². The van der Waals surface area contributed by atoms with E-state index in [-0.39, 0.29) is 6.04 Å². The molecule has 0 fully saturated rings. The summed E-state index contributed by atoms with van der Waals surface area (Å²) in [5, 5.41) is 1.05. The quantitative estimate of drug-likeness (QED) is 0.711. The molecule has 1 aromatic heterocycles. The molecule has 3 rings (SSSR count). The first-order valence-electron chi connectivity index (χ1n) is 8.21. The lowest BCUT2D eigenvalue weighted by atomic mass is 10.1. The molecule has 0 saturated heterocycles. The Morgan fingerprint density at radius 2 is 1.83 bits per heavy atom. The number of rotatable bonds is 6. The van der Waals surface area contributed by atoms with E-state index in [9.17, 15) is 0 Å². The van der Waals surface area contributed by atoms with Gasteiger partial charge in [-0.1, -0.05) is 12.1 Å². The van der Waals surface area contributed by atoms with Crippen LogP contribution in [0.5, 0.6) is 11.5 Å². The van der Waals surface area contributed by atoms with Crippen LogP contribution >= 0.6 is 0 Å². The summed E-state index contributed by atoms with van der Waals surface area (Å²) in [6, 6.07) is 13.8. The van der Waals surface area contributed by atoms with Crippen LogP contribution in [-0.2, 0) is 6.61 Å². The van der Waals surface area contributed by atoms with E-state index < -0.39 is 0 Å². The third-order valence-electron chi connectivity index (χ3n) is 3.98. The van der Waals surface area contributed by atoms with E-state index in [1.54, 1.807) is 0 Å². The highest BCUT2D eigenvalue weighted by atomic mass is 16.5. The molecule has 1 atom stereocenters. The lowest BCUT2D eigenvalue weighted by molar-refractivity contribution is 0.303. The average molecular weight is 325 g/mol. The van der Waals surface area contributed by atoms with Crippen molar-refractivity contribution in [2.75, 3.05) is 6.61 Å². The standard InChI is InChI=1S/C20H23NO3/c1-4-22-17-8-5-15(6-9-17)12-23-18-10-7-16-11-19(14(3)21)24-20(16)13(18)2/h5-11,14H,4,12,21H2,1-3H3. The van der Waals surface area contributed by atoms with E-state index in [4.69, 9.17) is 19.6 Å². The fraction of sp³-hybridized carbons (Fsp3) is 0.300. The van der Waals surface area contributed by atoms with E-state index in [1.807, 2.05) is 63.2 Å². The highest BCUT2D eigenvalue weighted by molar-refractivity contribution is 5.83. The van der Waals surface area contributed by atoms with Crippen molar-refractivity contribution >= 4 is 11.0 Å². The first-order valence-corrected chi connectivity index (χ1v) is 8.21. The third kappa shape index (κ3) is 3.39. The van der Waals surface area contributed by atoms with Gasteiger partial charge >= 0.3 is 0 Å². The Labute approximate surface area is 142 Å². The molecule has 0 saturated carbocycles. The van der Waals surface area contributed by atoms with Crippen molar-refractivity contribution in [3.63, 3.8) is 0 Å².